The highest BCUT2D eigenvalue weighted by molar-refractivity contribution is 5.76. The molecule has 1 fully saturated rings. The van der Waals surface area contributed by atoms with Gasteiger partial charge in [0.1, 0.15) is 5.60 Å². The molecule has 1 aliphatic heterocycles. The molecule has 7 heteroatoms. The summed E-state index contributed by atoms with van der Waals surface area (Å²) in [5, 5.41) is 6.68. The van der Waals surface area contributed by atoms with Crippen LogP contribution in [0.2, 0.25) is 0 Å². The third-order valence-electron chi connectivity index (χ3n) is 3.69. The van der Waals surface area contributed by atoms with Crippen molar-refractivity contribution in [1.29, 1.82) is 0 Å². The third kappa shape index (κ3) is 7.05. The van der Waals surface area contributed by atoms with Crippen molar-refractivity contribution in [2.75, 3.05) is 39.3 Å². The zero-order chi connectivity index (χ0) is 18.4. The van der Waals surface area contributed by atoms with Gasteiger partial charge in [0.2, 0.25) is 0 Å². The fourth-order valence-corrected chi connectivity index (χ4v) is 2.41. The lowest BCUT2D eigenvalue weighted by Crippen LogP contribution is -2.57. The molecule has 0 aromatic carbocycles. The number of carbonyl (C=O) groups is 2. The molecule has 1 unspecified atom stereocenters. The highest BCUT2D eigenvalue weighted by Gasteiger charge is 2.30. The van der Waals surface area contributed by atoms with Gasteiger partial charge < -0.3 is 25.0 Å². The van der Waals surface area contributed by atoms with E-state index in [0.717, 1.165) is 6.54 Å². The van der Waals surface area contributed by atoms with Crippen LogP contribution in [0.3, 0.4) is 0 Å². The van der Waals surface area contributed by atoms with Gasteiger partial charge in [-0.2, -0.15) is 0 Å². The van der Waals surface area contributed by atoms with Crippen LogP contribution >= 0.6 is 0 Å². The molecular weight excluding hydrogens is 310 g/mol. The molecule has 1 rings (SSSR count). The van der Waals surface area contributed by atoms with E-state index in [1.807, 2.05) is 34.6 Å². The predicted octanol–water partition coefficient (Wildman–Crippen LogP) is 1.37. The van der Waals surface area contributed by atoms with E-state index in [1.165, 1.54) is 0 Å². The van der Waals surface area contributed by atoms with Crippen LogP contribution in [0.4, 0.5) is 4.79 Å². The zero-order valence-electron chi connectivity index (χ0n) is 15.9. The summed E-state index contributed by atoms with van der Waals surface area (Å²) in [6.45, 7) is 14.7. The van der Waals surface area contributed by atoms with Crippen molar-refractivity contribution in [2.45, 2.75) is 53.2 Å². The summed E-state index contributed by atoms with van der Waals surface area (Å²) >= 11 is 0. The molecular formula is C17H33N3O4. The summed E-state index contributed by atoms with van der Waals surface area (Å²) < 4.78 is 10.5. The number of ether oxygens (including phenoxy) is 2. The molecule has 0 bridgehead atoms. The lowest BCUT2D eigenvalue weighted by atomic mass is 9.93. The molecule has 0 aliphatic carbocycles. The topological polar surface area (TPSA) is 79.9 Å². The van der Waals surface area contributed by atoms with E-state index in [0.29, 0.717) is 32.8 Å². The van der Waals surface area contributed by atoms with Crippen LogP contribution in [0.1, 0.15) is 41.5 Å². The van der Waals surface area contributed by atoms with Crippen LogP contribution in [-0.2, 0) is 14.3 Å². The Morgan fingerprint density at radius 2 is 1.92 bits per heavy atom. The molecule has 2 N–H and O–H groups in total. The summed E-state index contributed by atoms with van der Waals surface area (Å²) in [5.74, 6) is -0.204. The molecule has 1 amide bonds. The maximum Gasteiger partial charge on any atom is 0.410 e. The second-order valence-corrected chi connectivity index (χ2v) is 7.81. The number of hydrogen-bond acceptors (Lipinski definition) is 6. The van der Waals surface area contributed by atoms with E-state index >= 15 is 0 Å². The van der Waals surface area contributed by atoms with Gasteiger partial charge in [0, 0.05) is 38.8 Å². The minimum Gasteiger partial charge on any atom is -0.466 e. The van der Waals surface area contributed by atoms with Gasteiger partial charge >= 0.3 is 12.1 Å². The number of carbonyl (C=O) groups excluding carboxylic acids is 2. The standard InChI is InChI=1S/C17H33N3O4/c1-7-23-14(21)17(5,6)12-18-10-13-11-20(9-8-19-13)15(22)24-16(2,3)4/h13,18-19H,7-12H2,1-6H3. The number of rotatable bonds is 6. The first kappa shape index (κ1) is 20.7. The summed E-state index contributed by atoms with van der Waals surface area (Å²) in [6, 6.07) is 0.129. The normalized spacial score (nSPS) is 19.1. The van der Waals surface area contributed by atoms with Crippen LogP contribution in [0.25, 0.3) is 0 Å². The fourth-order valence-electron chi connectivity index (χ4n) is 2.41. The Morgan fingerprint density at radius 3 is 2.50 bits per heavy atom. The van der Waals surface area contributed by atoms with E-state index in [1.54, 1.807) is 11.8 Å². The predicted molar refractivity (Wildman–Crippen MR) is 92.9 cm³/mol. The van der Waals surface area contributed by atoms with E-state index < -0.39 is 11.0 Å². The Kier molecular flexibility index (Phi) is 7.48. The van der Waals surface area contributed by atoms with Crippen molar-refractivity contribution in [2.24, 2.45) is 5.41 Å². The second kappa shape index (κ2) is 8.67. The Bertz CT molecular complexity index is 432. The molecule has 140 valence electrons. The van der Waals surface area contributed by atoms with Crippen LogP contribution in [-0.4, -0.2) is 67.9 Å². The van der Waals surface area contributed by atoms with Gasteiger partial charge in [0.05, 0.1) is 12.0 Å². The Morgan fingerprint density at radius 1 is 1.25 bits per heavy atom. The Labute approximate surface area is 145 Å². The van der Waals surface area contributed by atoms with Crippen LogP contribution in [0, 0.1) is 5.41 Å². The highest BCUT2D eigenvalue weighted by atomic mass is 16.6. The van der Waals surface area contributed by atoms with Gasteiger partial charge in [-0.15, -0.1) is 0 Å². The van der Waals surface area contributed by atoms with Crippen LogP contribution in [0.5, 0.6) is 0 Å². The Balaban J connectivity index is 2.41. The molecule has 1 aliphatic rings. The lowest BCUT2D eigenvalue weighted by molar-refractivity contribution is -0.153. The number of hydrogen-bond donors (Lipinski definition) is 2. The molecule has 0 saturated carbocycles. The summed E-state index contributed by atoms with van der Waals surface area (Å²) in [5.41, 5.74) is -1.06. The monoisotopic (exact) mass is 343 g/mol. The van der Waals surface area contributed by atoms with Crippen LogP contribution in [0.15, 0.2) is 0 Å². The van der Waals surface area contributed by atoms with E-state index in [4.69, 9.17) is 9.47 Å². The van der Waals surface area contributed by atoms with Crippen molar-refractivity contribution < 1.29 is 19.1 Å². The zero-order valence-corrected chi connectivity index (χ0v) is 15.9. The second-order valence-electron chi connectivity index (χ2n) is 7.81. The van der Waals surface area contributed by atoms with E-state index in [9.17, 15) is 9.59 Å². The number of nitrogens with one attached hydrogen (secondary N) is 2. The van der Waals surface area contributed by atoms with Crippen molar-refractivity contribution in [3.63, 3.8) is 0 Å². The molecule has 0 aromatic rings. The SMILES string of the molecule is CCOC(=O)C(C)(C)CNCC1CN(C(=O)OC(C)(C)C)CCN1. The average Bonchev–Trinajstić information content (AvgIpc) is 2.46. The summed E-state index contributed by atoms with van der Waals surface area (Å²) in [4.78, 5) is 25.7. The van der Waals surface area contributed by atoms with Crippen molar-refractivity contribution in [1.82, 2.24) is 15.5 Å². The van der Waals surface area contributed by atoms with Crippen molar-refractivity contribution in [3.05, 3.63) is 0 Å². The quantitative estimate of drug-likeness (QED) is 0.709. The van der Waals surface area contributed by atoms with Crippen molar-refractivity contribution in [3.8, 4) is 0 Å². The van der Waals surface area contributed by atoms with Gasteiger partial charge in [-0.1, -0.05) is 0 Å². The summed E-state index contributed by atoms with van der Waals surface area (Å²) in [6.07, 6.45) is -0.277. The molecule has 1 saturated heterocycles. The molecule has 24 heavy (non-hydrogen) atoms. The number of nitrogens with zero attached hydrogens (tertiary/aromatic N) is 1. The number of esters is 1. The van der Waals surface area contributed by atoms with Gasteiger partial charge in [-0.25, -0.2) is 4.79 Å². The first-order chi connectivity index (χ1) is 11.0. The number of amides is 1. The maximum atomic E-state index is 12.1. The maximum absolute atomic E-state index is 12.1. The first-order valence-electron chi connectivity index (χ1n) is 8.64. The van der Waals surface area contributed by atoms with E-state index in [-0.39, 0.29) is 18.1 Å². The molecule has 0 aromatic heterocycles. The van der Waals surface area contributed by atoms with Crippen molar-refractivity contribution >= 4 is 12.1 Å². The molecule has 7 nitrogen and oxygen atoms in total. The first-order valence-corrected chi connectivity index (χ1v) is 8.64. The minimum absolute atomic E-state index is 0.129. The third-order valence-corrected chi connectivity index (χ3v) is 3.69. The summed E-state index contributed by atoms with van der Waals surface area (Å²) in [7, 11) is 0. The van der Waals surface area contributed by atoms with Gasteiger partial charge in [0.15, 0.2) is 0 Å². The number of piperazine rings is 1. The van der Waals surface area contributed by atoms with Gasteiger partial charge in [-0.3, -0.25) is 4.79 Å². The van der Waals surface area contributed by atoms with E-state index in [2.05, 4.69) is 10.6 Å². The fraction of sp³-hybridized carbons (Fsp3) is 0.882. The smallest absolute Gasteiger partial charge is 0.410 e. The Hall–Kier alpha value is -1.34. The highest BCUT2D eigenvalue weighted by Crippen LogP contribution is 2.16. The molecule has 0 radical (unpaired) electrons. The molecule has 0 spiro atoms. The van der Waals surface area contributed by atoms with Gasteiger partial charge in [0.25, 0.3) is 0 Å². The van der Waals surface area contributed by atoms with Crippen LogP contribution < -0.4 is 10.6 Å². The largest absolute Gasteiger partial charge is 0.466 e. The molecule has 1 heterocycles. The average molecular weight is 343 g/mol. The van der Waals surface area contributed by atoms with Gasteiger partial charge in [-0.05, 0) is 41.5 Å². The lowest BCUT2D eigenvalue weighted by Gasteiger charge is -2.35. The minimum atomic E-state index is -0.574. The molecule has 1 atom stereocenters.